The van der Waals surface area contributed by atoms with Gasteiger partial charge in [-0.25, -0.2) is 0 Å². The van der Waals surface area contributed by atoms with Gasteiger partial charge in [0.05, 0.1) is 0 Å². The van der Waals surface area contributed by atoms with Crippen LogP contribution in [0, 0.1) is 6.07 Å². The maximum atomic E-state index is 10.1. The Balaban J connectivity index is 1.98. The van der Waals surface area contributed by atoms with Gasteiger partial charge in [0.25, 0.3) is 0 Å². The van der Waals surface area contributed by atoms with E-state index < -0.39 is 0 Å². The average molecular weight is 267 g/mol. The standard InChI is InChI=1S/C18H19O2/c19-16-8-4-7-15(11-16)17-12-14(9-10-18(17)20)13-5-2-1-3-6-13/h4,7,9-13,19-20H,1-3,5-6H2. The Hall–Kier alpha value is -1.96. The van der Waals surface area contributed by atoms with Crippen LogP contribution in [0.25, 0.3) is 11.1 Å². The van der Waals surface area contributed by atoms with Crippen LogP contribution in [-0.2, 0) is 0 Å². The van der Waals surface area contributed by atoms with Gasteiger partial charge in [0.2, 0.25) is 0 Å². The first-order valence-corrected chi connectivity index (χ1v) is 7.28. The van der Waals surface area contributed by atoms with Crippen molar-refractivity contribution in [3.63, 3.8) is 0 Å². The quantitative estimate of drug-likeness (QED) is 0.834. The molecule has 0 atom stereocenters. The van der Waals surface area contributed by atoms with Gasteiger partial charge in [-0.2, -0.15) is 0 Å². The number of phenolic OH excluding ortho intramolecular Hbond substituents is 2. The van der Waals surface area contributed by atoms with Crippen molar-refractivity contribution in [2.45, 2.75) is 38.0 Å². The lowest BCUT2D eigenvalue weighted by Gasteiger charge is -2.22. The third-order valence-corrected chi connectivity index (χ3v) is 4.19. The molecule has 0 aliphatic heterocycles. The van der Waals surface area contributed by atoms with Gasteiger partial charge < -0.3 is 10.2 Å². The van der Waals surface area contributed by atoms with Crippen LogP contribution in [0.4, 0.5) is 0 Å². The van der Waals surface area contributed by atoms with Gasteiger partial charge in [-0.05, 0) is 54.2 Å². The predicted molar refractivity (Wildman–Crippen MR) is 79.9 cm³/mol. The summed E-state index contributed by atoms with van der Waals surface area (Å²) in [5.41, 5.74) is 2.92. The predicted octanol–water partition coefficient (Wildman–Crippen LogP) is 4.61. The molecule has 0 heterocycles. The lowest BCUT2D eigenvalue weighted by molar-refractivity contribution is 0.442. The van der Waals surface area contributed by atoms with Gasteiger partial charge in [-0.1, -0.05) is 31.4 Å². The fourth-order valence-electron chi connectivity index (χ4n) is 3.10. The van der Waals surface area contributed by atoms with E-state index in [1.807, 2.05) is 12.1 Å². The Morgan fingerprint density at radius 2 is 1.75 bits per heavy atom. The van der Waals surface area contributed by atoms with Crippen LogP contribution in [0.3, 0.4) is 0 Å². The molecule has 103 valence electrons. The van der Waals surface area contributed by atoms with Crippen molar-refractivity contribution in [1.82, 2.24) is 0 Å². The summed E-state index contributed by atoms with van der Waals surface area (Å²) in [5, 5.41) is 19.6. The second kappa shape index (κ2) is 5.58. The fourth-order valence-corrected chi connectivity index (χ4v) is 3.10. The molecule has 20 heavy (non-hydrogen) atoms. The molecule has 1 aliphatic carbocycles. The highest BCUT2D eigenvalue weighted by atomic mass is 16.3. The lowest BCUT2D eigenvalue weighted by atomic mass is 9.83. The van der Waals surface area contributed by atoms with E-state index in [0.717, 1.165) is 11.1 Å². The van der Waals surface area contributed by atoms with Crippen molar-refractivity contribution < 1.29 is 10.2 Å². The Bertz CT molecular complexity index is 598. The van der Waals surface area contributed by atoms with Gasteiger partial charge in [0.15, 0.2) is 0 Å². The van der Waals surface area contributed by atoms with Gasteiger partial charge in [0, 0.05) is 11.6 Å². The monoisotopic (exact) mass is 267 g/mol. The molecule has 3 rings (SSSR count). The van der Waals surface area contributed by atoms with E-state index in [9.17, 15) is 10.2 Å². The molecule has 0 unspecified atom stereocenters. The van der Waals surface area contributed by atoms with E-state index in [4.69, 9.17) is 0 Å². The second-order valence-corrected chi connectivity index (χ2v) is 5.57. The first kappa shape index (κ1) is 13.0. The number of aromatic hydroxyl groups is 2. The SMILES string of the molecule is Oc1[c]ccc(-c2cc(C3CCCCC3)ccc2O)c1. The molecule has 0 spiro atoms. The Morgan fingerprint density at radius 1 is 0.950 bits per heavy atom. The van der Waals surface area contributed by atoms with Crippen LogP contribution >= 0.6 is 0 Å². The zero-order valence-corrected chi connectivity index (χ0v) is 11.5. The first-order valence-electron chi connectivity index (χ1n) is 7.28. The van der Waals surface area contributed by atoms with Crippen LogP contribution in [0.1, 0.15) is 43.6 Å². The van der Waals surface area contributed by atoms with Crippen molar-refractivity contribution in [2.75, 3.05) is 0 Å². The third-order valence-electron chi connectivity index (χ3n) is 4.19. The molecule has 0 amide bonds. The summed E-state index contributed by atoms with van der Waals surface area (Å²) in [6.45, 7) is 0. The Kier molecular flexibility index (Phi) is 3.64. The van der Waals surface area contributed by atoms with Gasteiger partial charge >= 0.3 is 0 Å². The maximum Gasteiger partial charge on any atom is 0.124 e. The van der Waals surface area contributed by atoms with Gasteiger partial charge in [-0.3, -0.25) is 0 Å². The van der Waals surface area contributed by atoms with E-state index in [-0.39, 0.29) is 11.5 Å². The summed E-state index contributed by atoms with van der Waals surface area (Å²) in [6, 6.07) is 13.8. The molecule has 2 aromatic carbocycles. The van der Waals surface area contributed by atoms with E-state index in [1.54, 1.807) is 18.2 Å². The minimum Gasteiger partial charge on any atom is -0.507 e. The third kappa shape index (κ3) is 2.64. The average Bonchev–Trinajstić information content (AvgIpc) is 2.48. The van der Waals surface area contributed by atoms with Crippen molar-refractivity contribution in [1.29, 1.82) is 0 Å². The molecule has 1 fully saturated rings. The van der Waals surface area contributed by atoms with Crippen LogP contribution in [0.15, 0.2) is 36.4 Å². The number of rotatable bonds is 2. The van der Waals surface area contributed by atoms with E-state index in [2.05, 4.69) is 12.1 Å². The van der Waals surface area contributed by atoms with Crippen molar-refractivity contribution >= 4 is 0 Å². The smallest absolute Gasteiger partial charge is 0.124 e. The highest BCUT2D eigenvalue weighted by molar-refractivity contribution is 5.71. The largest absolute Gasteiger partial charge is 0.507 e. The fraction of sp³-hybridized carbons (Fsp3) is 0.333. The normalized spacial score (nSPS) is 16.2. The minimum atomic E-state index is 0.102. The molecule has 0 saturated heterocycles. The molecular weight excluding hydrogens is 248 g/mol. The molecule has 2 aromatic rings. The second-order valence-electron chi connectivity index (χ2n) is 5.57. The summed E-state index contributed by atoms with van der Waals surface area (Å²) < 4.78 is 0. The van der Waals surface area contributed by atoms with Crippen LogP contribution in [0.2, 0.25) is 0 Å². The summed E-state index contributed by atoms with van der Waals surface area (Å²) >= 11 is 0. The number of hydrogen-bond acceptors (Lipinski definition) is 2. The molecule has 0 bridgehead atoms. The van der Waals surface area contributed by atoms with Crippen LogP contribution in [-0.4, -0.2) is 10.2 Å². The van der Waals surface area contributed by atoms with E-state index in [0.29, 0.717) is 5.92 Å². The zero-order valence-electron chi connectivity index (χ0n) is 11.5. The molecule has 0 aromatic heterocycles. The number of hydrogen-bond donors (Lipinski definition) is 2. The van der Waals surface area contributed by atoms with Gasteiger partial charge in [0.1, 0.15) is 11.5 Å². The highest BCUT2D eigenvalue weighted by Gasteiger charge is 2.17. The summed E-state index contributed by atoms with van der Waals surface area (Å²) in [7, 11) is 0. The van der Waals surface area contributed by atoms with Crippen molar-refractivity contribution in [3.8, 4) is 22.6 Å². The van der Waals surface area contributed by atoms with Crippen molar-refractivity contribution in [2.24, 2.45) is 0 Å². The topological polar surface area (TPSA) is 40.5 Å². The highest BCUT2D eigenvalue weighted by Crippen LogP contribution is 2.38. The van der Waals surface area contributed by atoms with Crippen LogP contribution < -0.4 is 0 Å². The Morgan fingerprint density at radius 3 is 2.50 bits per heavy atom. The van der Waals surface area contributed by atoms with E-state index in [1.165, 1.54) is 37.7 Å². The maximum absolute atomic E-state index is 10.1. The molecule has 2 N–H and O–H groups in total. The molecule has 1 radical (unpaired) electrons. The molecule has 2 nitrogen and oxygen atoms in total. The van der Waals surface area contributed by atoms with Crippen LogP contribution in [0.5, 0.6) is 11.5 Å². The van der Waals surface area contributed by atoms with Gasteiger partial charge in [-0.15, -0.1) is 0 Å². The summed E-state index contributed by atoms with van der Waals surface area (Å²) in [6.07, 6.45) is 6.39. The van der Waals surface area contributed by atoms with E-state index >= 15 is 0 Å². The minimum absolute atomic E-state index is 0.102. The number of phenols is 2. The molecule has 2 heteroatoms. The summed E-state index contributed by atoms with van der Waals surface area (Å²) in [5.74, 6) is 0.965. The molecular formula is C18H19O2. The summed E-state index contributed by atoms with van der Waals surface area (Å²) in [4.78, 5) is 0. The van der Waals surface area contributed by atoms with Crippen molar-refractivity contribution in [3.05, 3.63) is 48.0 Å². The first-order chi connectivity index (χ1) is 9.74. The molecule has 1 aliphatic rings. The Labute approximate surface area is 119 Å². The zero-order chi connectivity index (χ0) is 13.9. The number of benzene rings is 2. The lowest BCUT2D eigenvalue weighted by Crippen LogP contribution is -2.04. The molecule has 1 saturated carbocycles.